The van der Waals surface area contributed by atoms with E-state index < -0.39 is 32.5 Å². The van der Waals surface area contributed by atoms with Gasteiger partial charge in [0.2, 0.25) is 0 Å². The molecule has 3 N–H and O–H groups in total. The molecule has 0 aliphatic heterocycles. The van der Waals surface area contributed by atoms with Crippen molar-refractivity contribution in [1.29, 1.82) is 0 Å². The van der Waals surface area contributed by atoms with Crippen LogP contribution in [0.25, 0.3) is 0 Å². The van der Waals surface area contributed by atoms with Crippen LogP contribution in [0.1, 0.15) is 206 Å². The van der Waals surface area contributed by atoms with Gasteiger partial charge in [0.25, 0.3) is 0 Å². The number of hydrogen-bond acceptors (Lipinski definition) is 8. The average molecular weight is 1110 g/mol. The molecule has 10 heteroatoms. The number of rotatable bonds is 54. The lowest BCUT2D eigenvalue weighted by molar-refractivity contribution is -0.161. The molecule has 0 spiro atoms. The normalized spacial score (nSPS) is 14.3. The second-order valence-corrected chi connectivity index (χ2v) is 20.6. The Kier molecular flexibility index (Phi) is 58.5. The Bertz CT molecular complexity index is 1940. The fourth-order valence-electron chi connectivity index (χ4n) is 7.39. The molecule has 0 amide bonds. The number of carbonyl (C=O) groups is 2. The SMILES string of the molecule is CC/C=C\C/C=C\C/C=C\C/C=C\C/C=C\C/C=C\C/C=C\C/C=C\C/C=C\CCCCCCCCCC(=O)OC(COC(=O)CCCCCC/C=C\C/C=C\C/C=C\C/C=C\C/C=C\C/C=C\CC)COP(=O)(O)OCCN. The molecule has 0 saturated heterocycles. The zero-order chi connectivity index (χ0) is 57.3. The molecule has 0 radical (unpaired) electrons. The molecule has 9 nitrogen and oxygen atoms in total. The summed E-state index contributed by atoms with van der Waals surface area (Å²) < 4.78 is 33.0. The summed E-state index contributed by atoms with van der Waals surface area (Å²) in [5.41, 5.74) is 5.38. The highest BCUT2D eigenvalue weighted by atomic mass is 31.2. The van der Waals surface area contributed by atoms with Crippen LogP contribution in [0.15, 0.2) is 182 Å². The van der Waals surface area contributed by atoms with E-state index >= 15 is 0 Å². The van der Waals surface area contributed by atoms with Gasteiger partial charge < -0.3 is 20.1 Å². The van der Waals surface area contributed by atoms with Crippen molar-refractivity contribution in [2.75, 3.05) is 26.4 Å². The Morgan fingerprint density at radius 1 is 0.380 bits per heavy atom. The van der Waals surface area contributed by atoms with Crippen LogP contribution in [0, 0.1) is 0 Å². The van der Waals surface area contributed by atoms with Gasteiger partial charge in [0.05, 0.1) is 13.2 Å². The maximum Gasteiger partial charge on any atom is 0.472 e. The third-order valence-corrected chi connectivity index (χ3v) is 12.8. The van der Waals surface area contributed by atoms with E-state index in [1.54, 1.807) is 0 Å². The van der Waals surface area contributed by atoms with Crippen molar-refractivity contribution in [3.8, 4) is 0 Å². The van der Waals surface area contributed by atoms with Crippen molar-refractivity contribution >= 4 is 19.8 Å². The minimum atomic E-state index is -4.41. The maximum atomic E-state index is 12.7. The fourth-order valence-corrected chi connectivity index (χ4v) is 8.16. The number of nitrogens with two attached hydrogens (primary N) is 1. The van der Waals surface area contributed by atoms with Crippen molar-refractivity contribution in [1.82, 2.24) is 0 Å². The number of carbonyl (C=O) groups excluding carboxylic acids is 2. The van der Waals surface area contributed by atoms with Crippen LogP contribution in [-0.4, -0.2) is 49.3 Å². The van der Waals surface area contributed by atoms with Gasteiger partial charge in [-0.2, -0.15) is 0 Å². The van der Waals surface area contributed by atoms with Crippen molar-refractivity contribution in [2.24, 2.45) is 5.73 Å². The molecular weight excluding hydrogens is 1000 g/mol. The predicted octanol–water partition coefficient (Wildman–Crippen LogP) is 19.6. The summed E-state index contributed by atoms with van der Waals surface area (Å²) in [6.45, 7) is 3.44. The standard InChI is InChI=1S/C69H108NO8P/c1-3-5-7-9-11-13-15-17-19-21-23-25-27-28-29-30-31-32-33-34-35-36-37-38-40-42-44-46-48-50-52-54-56-58-60-62-69(72)78-67(66-77-79(73,74)76-64-63-70)65-75-68(71)61-59-57-55-53-51-49-47-45-43-41-39-26-24-22-20-18-16-14-12-10-8-6-4-2/h5-8,11-14,17-20,23-26,28-29,31-32,34-35,37-38,41-44,47,49,67H,3-4,9-10,15-16,21-22,27,30,33,36,39-40,45-46,48,50-66,70H2,1-2H3,(H,73,74)/b7-5-,8-6-,13-11-,14-12-,19-17-,20-18-,25-23-,26-24-,29-28-,32-31-,35-34-,38-37-,43-41-,44-42-,49-47-. The molecule has 2 atom stereocenters. The molecule has 0 aliphatic carbocycles. The first-order valence-electron chi connectivity index (χ1n) is 30.3. The van der Waals surface area contributed by atoms with E-state index in [-0.39, 0.29) is 32.6 Å². The summed E-state index contributed by atoms with van der Waals surface area (Å²) in [4.78, 5) is 35.2. The molecule has 0 bridgehead atoms. The van der Waals surface area contributed by atoms with Gasteiger partial charge in [-0.05, 0) is 135 Å². The van der Waals surface area contributed by atoms with Gasteiger partial charge in [0, 0.05) is 19.4 Å². The molecule has 0 aromatic heterocycles. The third kappa shape index (κ3) is 62.2. The second kappa shape index (κ2) is 62.3. The number of ether oxygens (including phenoxy) is 2. The van der Waals surface area contributed by atoms with Crippen LogP contribution in [-0.2, 0) is 32.7 Å². The fraction of sp³-hybridized carbons (Fsp3) is 0.536. The predicted molar refractivity (Wildman–Crippen MR) is 339 cm³/mol. The maximum absolute atomic E-state index is 12.7. The van der Waals surface area contributed by atoms with Crippen molar-refractivity contribution in [2.45, 2.75) is 213 Å². The van der Waals surface area contributed by atoms with E-state index in [9.17, 15) is 19.0 Å². The Morgan fingerprint density at radius 2 is 0.658 bits per heavy atom. The van der Waals surface area contributed by atoms with E-state index in [2.05, 4.69) is 196 Å². The first kappa shape index (κ1) is 74.1. The Hall–Kier alpha value is -4.89. The molecule has 0 heterocycles. The topological polar surface area (TPSA) is 134 Å². The lowest BCUT2D eigenvalue weighted by Crippen LogP contribution is -2.29. The zero-order valence-electron chi connectivity index (χ0n) is 49.3. The largest absolute Gasteiger partial charge is 0.472 e. The summed E-state index contributed by atoms with van der Waals surface area (Å²) in [7, 11) is -4.41. The molecule has 442 valence electrons. The van der Waals surface area contributed by atoms with Gasteiger partial charge in [-0.15, -0.1) is 0 Å². The molecule has 0 rings (SSSR count). The number of phosphoric acid groups is 1. The smallest absolute Gasteiger partial charge is 0.462 e. The first-order valence-corrected chi connectivity index (χ1v) is 31.8. The number of unbranched alkanes of at least 4 members (excludes halogenated alkanes) is 11. The summed E-state index contributed by atoms with van der Waals surface area (Å²) in [6.07, 6.45) is 93.7. The lowest BCUT2D eigenvalue weighted by atomic mass is 10.1. The van der Waals surface area contributed by atoms with Crippen LogP contribution in [0.4, 0.5) is 0 Å². The zero-order valence-corrected chi connectivity index (χ0v) is 50.2. The van der Waals surface area contributed by atoms with Crippen molar-refractivity contribution in [3.05, 3.63) is 182 Å². The third-order valence-electron chi connectivity index (χ3n) is 11.8. The summed E-state index contributed by atoms with van der Waals surface area (Å²) in [5.74, 6) is -0.886. The highest BCUT2D eigenvalue weighted by Gasteiger charge is 2.26. The van der Waals surface area contributed by atoms with Gasteiger partial charge in [-0.25, -0.2) is 4.57 Å². The molecule has 0 saturated carbocycles. The van der Waals surface area contributed by atoms with Crippen LogP contribution in [0.5, 0.6) is 0 Å². The highest BCUT2D eigenvalue weighted by Crippen LogP contribution is 2.43. The van der Waals surface area contributed by atoms with E-state index in [0.717, 1.165) is 154 Å². The quantitative estimate of drug-likeness (QED) is 0.0264. The van der Waals surface area contributed by atoms with Gasteiger partial charge in [-0.3, -0.25) is 18.6 Å². The van der Waals surface area contributed by atoms with E-state index in [4.69, 9.17) is 24.3 Å². The van der Waals surface area contributed by atoms with Gasteiger partial charge in [0.15, 0.2) is 6.10 Å². The van der Waals surface area contributed by atoms with E-state index in [1.165, 1.54) is 12.8 Å². The molecule has 0 aromatic rings. The van der Waals surface area contributed by atoms with Gasteiger partial charge in [-0.1, -0.05) is 241 Å². The second-order valence-electron chi connectivity index (χ2n) is 19.1. The van der Waals surface area contributed by atoms with Crippen LogP contribution in [0.3, 0.4) is 0 Å². The Balaban J connectivity index is 4.11. The summed E-state index contributed by atoms with van der Waals surface area (Å²) in [5, 5.41) is 0. The molecule has 0 fully saturated rings. The van der Waals surface area contributed by atoms with Crippen LogP contribution < -0.4 is 5.73 Å². The molecule has 79 heavy (non-hydrogen) atoms. The molecule has 0 aromatic carbocycles. The van der Waals surface area contributed by atoms with Crippen LogP contribution >= 0.6 is 7.82 Å². The highest BCUT2D eigenvalue weighted by molar-refractivity contribution is 7.47. The monoisotopic (exact) mass is 1110 g/mol. The van der Waals surface area contributed by atoms with Gasteiger partial charge in [0.1, 0.15) is 6.61 Å². The summed E-state index contributed by atoms with van der Waals surface area (Å²) in [6, 6.07) is 0. The molecule has 0 aliphatic rings. The van der Waals surface area contributed by atoms with Crippen LogP contribution in [0.2, 0.25) is 0 Å². The molecule has 2 unspecified atom stereocenters. The summed E-state index contributed by atoms with van der Waals surface area (Å²) >= 11 is 0. The average Bonchev–Trinajstić information content (AvgIpc) is 3.44. The van der Waals surface area contributed by atoms with E-state index in [0.29, 0.717) is 12.8 Å². The number of hydrogen-bond donors (Lipinski definition) is 2. The lowest BCUT2D eigenvalue weighted by Gasteiger charge is -2.19. The van der Waals surface area contributed by atoms with E-state index in [1.807, 2.05) is 0 Å². The minimum absolute atomic E-state index is 0.0367. The number of phosphoric ester groups is 1. The minimum Gasteiger partial charge on any atom is -0.462 e. The van der Waals surface area contributed by atoms with Crippen molar-refractivity contribution in [3.63, 3.8) is 0 Å². The number of esters is 2. The molecular formula is C69H108NO8P. The Morgan fingerprint density at radius 3 is 0.975 bits per heavy atom. The first-order chi connectivity index (χ1) is 38.8. The Labute approximate surface area is 482 Å². The van der Waals surface area contributed by atoms with Gasteiger partial charge >= 0.3 is 19.8 Å². The number of allylic oxidation sites excluding steroid dienone is 30. The van der Waals surface area contributed by atoms with Crippen molar-refractivity contribution < 1.29 is 37.6 Å².